The molecule has 5 aromatic heterocycles. The van der Waals surface area contributed by atoms with Crippen molar-refractivity contribution in [3.63, 3.8) is 0 Å². The highest BCUT2D eigenvalue weighted by molar-refractivity contribution is 8.00. The molecule has 10 aliphatic heterocycles. The Bertz CT molecular complexity index is 5750. The molecule has 15 heterocycles. The van der Waals surface area contributed by atoms with Crippen LogP contribution in [0, 0.1) is 9.54 Å². The maximum Gasteiger partial charge on any atom is 0.352 e. The Kier molecular flexibility index (Phi) is 38.0. The first-order chi connectivity index (χ1) is 72.8. The highest BCUT2D eigenvalue weighted by Gasteiger charge is 2.53. The van der Waals surface area contributed by atoms with Gasteiger partial charge in [0.05, 0.1) is 106 Å². The molecule has 0 bridgehead atoms. The smallest absolute Gasteiger partial charge is 0.352 e. The van der Waals surface area contributed by atoms with Crippen LogP contribution in [-0.2, 0) is 71.1 Å². The van der Waals surface area contributed by atoms with Gasteiger partial charge in [0, 0.05) is 93.3 Å². The summed E-state index contributed by atoms with van der Waals surface area (Å²) in [5.41, 5.74) is 1.62. The standard InChI is InChI=1S/C20H24FN3O6.2C20H24FN3O5S.C20H24FN3O4S2.C20H25N3O7/c1-4-8-28-11-6-5-7-12-16(11)22-18-13(29-12)9-24(20(25)23-18)19-15(21)17(27-3)14(30-19)10-26-2;1-4-8-28-11-6-5-7-13-16(11)22-18-14(30-13)9-24(20(25)23-18)19-15(21)17(27-3)12(29-19)10-26-2;1-4-8-27-11-6-5-7-12-16(11)22-18-13(28-12)9-24(20(30)23-18)19-15(21)17(26-3)14(29-19)10-25-2;1-4-8-27-11-6-5-7-13-16(11)22-18-14(30-13)9-24(20(29)23-18)19-15(21)17(26-3)12(28-19)10-25-2;1-4-8-28-11-6-5-7-12-15(11)21-18-13(29-12)9-23(20(25)22-18)19-16(24)17(27-3)14(30-19)10-26-2/h5-7,9,14-15,17,19H,4,8,10H2,1-3H3,(H,22,23,25);5-7,9,12,15,17,19H,4,8,10H2,1-3H3,(H,22,23,25);5-7,9,14-15,17,19H,4,8,10H2,1-3H3,(H,22,23,30);5-7,9,12,15,17,19H,4,8,10H2,1-3H3,(H,22,23,29);5-7,9,14,16-17,19,24H,4,8,10H2,1-3H3,(H,21,22,25)/t14-,15+,17?,19-;12-,15+,17?,19-;14-,15+,17?,19-;12-,15+,17?,19-;14-,16+,17?,19-/m11111/s1. The molecule has 0 amide bonds. The highest BCUT2D eigenvalue weighted by Crippen LogP contribution is 2.54. The van der Waals surface area contributed by atoms with E-state index in [9.17, 15) is 23.9 Å². The van der Waals surface area contributed by atoms with Crippen molar-refractivity contribution in [1.82, 2.24) is 47.8 Å². The molecule has 50 heteroatoms. The summed E-state index contributed by atoms with van der Waals surface area (Å²) in [6, 6.07) is 27.9. The molecule has 10 aliphatic rings. The van der Waals surface area contributed by atoms with Crippen molar-refractivity contribution in [1.29, 1.82) is 0 Å². The Morgan fingerprint density at radius 3 is 0.907 bits per heavy atom. The van der Waals surface area contributed by atoms with Gasteiger partial charge in [-0.2, -0.15) is 19.9 Å². The van der Waals surface area contributed by atoms with Gasteiger partial charge in [-0.1, -0.05) is 88.5 Å². The van der Waals surface area contributed by atoms with Crippen molar-refractivity contribution in [3.05, 3.63) is 163 Å². The molecule has 5 aromatic carbocycles. The second-order valence-electron chi connectivity index (χ2n) is 35.1. The van der Waals surface area contributed by atoms with Gasteiger partial charge in [0.1, 0.15) is 119 Å². The zero-order chi connectivity index (χ0) is 106. The van der Waals surface area contributed by atoms with Gasteiger partial charge in [-0.15, -0.1) is 0 Å². The zero-order valence-electron chi connectivity index (χ0n) is 84.9. The number of hydrogen-bond acceptors (Lipinski definition) is 41. The number of nitrogens with zero attached hydrogens (tertiary/aromatic N) is 10. The summed E-state index contributed by atoms with van der Waals surface area (Å²) in [6.45, 7) is 14.0. The van der Waals surface area contributed by atoms with Crippen LogP contribution in [0.1, 0.15) is 97.9 Å². The van der Waals surface area contributed by atoms with Crippen molar-refractivity contribution >= 4 is 105 Å². The number of alkyl halides is 4. The number of hydrogen-bond donors (Lipinski definition) is 6. The number of ether oxygens (including phenoxy) is 23. The molecule has 5 unspecified atom stereocenters. The van der Waals surface area contributed by atoms with Crippen molar-refractivity contribution in [3.8, 4) is 63.2 Å². The molecule has 6 N–H and O–H groups in total. The first-order valence-corrected chi connectivity index (χ1v) is 51.1. The van der Waals surface area contributed by atoms with Crippen molar-refractivity contribution in [2.45, 2.75) is 209 Å². The number of para-hydroxylation sites is 5. The van der Waals surface area contributed by atoms with Gasteiger partial charge >= 0.3 is 17.1 Å². The molecule has 810 valence electrons. The van der Waals surface area contributed by atoms with Crippen LogP contribution >= 0.6 is 48.0 Å². The summed E-state index contributed by atoms with van der Waals surface area (Å²) < 4.78 is 195. The van der Waals surface area contributed by atoms with E-state index in [4.69, 9.17) is 133 Å². The van der Waals surface area contributed by atoms with E-state index in [1.807, 2.05) is 94.4 Å². The topological polar surface area (TPSA) is 433 Å². The average molecular weight is 2170 g/mol. The van der Waals surface area contributed by atoms with Crippen molar-refractivity contribution < 1.29 is 132 Å². The summed E-state index contributed by atoms with van der Waals surface area (Å²) >= 11 is 13.8. The Morgan fingerprint density at radius 2 is 0.573 bits per heavy atom. The number of rotatable bonds is 35. The largest absolute Gasteiger partial charge is 0.491 e. The number of fused-ring (bicyclic) bond motifs is 10. The molecular formula is C100H121F4N15O27S4. The first-order valence-electron chi connectivity index (χ1n) is 48.6. The van der Waals surface area contributed by atoms with Gasteiger partial charge in [0.15, 0.2) is 114 Å². The number of anilines is 10. The Morgan fingerprint density at radius 1 is 0.320 bits per heavy atom. The summed E-state index contributed by atoms with van der Waals surface area (Å²) in [5.74, 6) is 7.94. The number of nitrogens with one attached hydrogen (secondary N) is 5. The van der Waals surface area contributed by atoms with E-state index >= 15 is 13.2 Å². The van der Waals surface area contributed by atoms with Crippen LogP contribution in [0.4, 0.5) is 75.1 Å². The Balaban J connectivity index is 0.000000133. The number of methoxy groups -OCH3 is 10. The van der Waals surface area contributed by atoms with Crippen LogP contribution in [0.2, 0.25) is 0 Å². The fourth-order valence-corrected chi connectivity index (χ4v) is 20.5. The lowest BCUT2D eigenvalue weighted by molar-refractivity contribution is -0.0641. The number of benzene rings is 5. The molecule has 10 aromatic rings. The quantitative estimate of drug-likeness (QED) is 0.0159. The lowest BCUT2D eigenvalue weighted by Crippen LogP contribution is -2.37. The number of aliphatic hydroxyl groups is 1. The van der Waals surface area contributed by atoms with E-state index in [0.717, 1.165) is 68.5 Å². The maximum atomic E-state index is 15.1. The van der Waals surface area contributed by atoms with E-state index in [0.29, 0.717) is 124 Å². The minimum atomic E-state index is -1.58. The normalized spacial score (nSPS) is 24.6. The number of aliphatic hydroxyl groups excluding tert-OH is 1. The van der Waals surface area contributed by atoms with E-state index in [1.54, 1.807) is 54.5 Å². The third-order valence-electron chi connectivity index (χ3n) is 24.9. The van der Waals surface area contributed by atoms with Crippen LogP contribution in [-0.4, -0.2) is 282 Å². The molecule has 0 saturated carbocycles. The molecule has 42 nitrogen and oxygen atoms in total. The van der Waals surface area contributed by atoms with Gasteiger partial charge in [-0.05, 0) is 117 Å². The van der Waals surface area contributed by atoms with Crippen molar-refractivity contribution in [2.24, 2.45) is 0 Å². The zero-order valence-corrected chi connectivity index (χ0v) is 88.1. The van der Waals surface area contributed by atoms with E-state index in [-0.39, 0.29) is 60.0 Å². The minimum Gasteiger partial charge on any atom is -0.491 e. The SMILES string of the molecule is CCCOc1cccc2c1Nc1nc(=O)n([C@@H]3O[C@H](COC)C(OC)[C@@H]3F)cc1O2.CCCOc1cccc2c1Nc1nc(=O)n([C@@H]3O[C@H](COC)C(OC)[C@@H]3F)cc1S2.CCCOc1cccc2c1Nc1nc(=O)n([C@@H]3O[C@H](COC)C(OC)[C@@H]3O)cc1O2.CCCOc1cccc2c1Nc1nc(=S)n([C@@H]3O[C@H](COC)C(OC)[C@@H]3F)cc1O2.CCCOc1cccc2c1Nc1nc(=S)n([C@@H]3O[C@H](COC)C(OC)[C@@H]3F)cc1S2. The summed E-state index contributed by atoms with van der Waals surface area (Å²) in [7, 11) is 14.8. The fraction of sp³-hybridized carbons (Fsp3) is 0.500. The number of halogens is 4. The molecule has 0 radical (unpaired) electrons. The molecule has 20 rings (SSSR count). The minimum absolute atomic E-state index is 0.133. The van der Waals surface area contributed by atoms with Gasteiger partial charge < -0.3 is 141 Å². The Hall–Kier alpha value is -11.5. The van der Waals surface area contributed by atoms with Gasteiger partial charge in [-0.3, -0.25) is 22.8 Å². The predicted molar refractivity (Wildman–Crippen MR) is 546 cm³/mol. The second-order valence-corrected chi connectivity index (χ2v) is 38.0. The van der Waals surface area contributed by atoms with E-state index in [1.165, 1.54) is 114 Å². The second kappa shape index (κ2) is 51.3. The van der Waals surface area contributed by atoms with Crippen LogP contribution in [0.3, 0.4) is 0 Å². The van der Waals surface area contributed by atoms with Gasteiger partial charge in [0.25, 0.3) is 0 Å². The summed E-state index contributed by atoms with van der Waals surface area (Å²) in [6.07, 6.45) is -6.81. The molecule has 150 heavy (non-hydrogen) atoms. The first kappa shape index (κ1) is 111. The third kappa shape index (κ3) is 24.0. The third-order valence-corrected chi connectivity index (χ3v) is 27.7. The maximum absolute atomic E-state index is 15.1. The fourth-order valence-electron chi connectivity index (χ4n) is 18.0. The lowest BCUT2D eigenvalue weighted by atomic mass is 10.1. The predicted octanol–water partition coefficient (Wildman–Crippen LogP) is 16.4. The Labute approximate surface area is 879 Å². The van der Waals surface area contributed by atoms with Gasteiger partial charge in [0.2, 0.25) is 9.54 Å². The molecular weight excluding hydrogens is 2050 g/mol. The molecule has 5 saturated heterocycles. The van der Waals surface area contributed by atoms with Crippen LogP contribution in [0.5, 0.6) is 63.2 Å². The summed E-state index contributed by atoms with van der Waals surface area (Å²) in [5, 5.41) is 26.6. The van der Waals surface area contributed by atoms with E-state index in [2.05, 4.69) is 58.4 Å². The number of aromatic nitrogens is 10. The highest BCUT2D eigenvalue weighted by atomic mass is 32.2. The van der Waals surface area contributed by atoms with Crippen LogP contribution in [0.15, 0.2) is 156 Å². The average Bonchev–Trinajstić information content (AvgIpc) is 1.73. The molecule has 0 aliphatic carbocycles. The van der Waals surface area contributed by atoms with E-state index < -0.39 is 140 Å². The molecule has 5 fully saturated rings. The monoisotopic (exact) mass is 2170 g/mol. The molecule has 0 spiro atoms. The lowest BCUT2D eigenvalue weighted by Gasteiger charge is -2.25. The summed E-state index contributed by atoms with van der Waals surface area (Å²) in [4.78, 5) is 62.7. The van der Waals surface area contributed by atoms with Crippen molar-refractivity contribution in [2.75, 3.05) is 164 Å². The van der Waals surface area contributed by atoms with Crippen LogP contribution in [0.25, 0.3) is 0 Å². The molecule has 20 atom stereocenters. The van der Waals surface area contributed by atoms with Crippen LogP contribution < -0.4 is 81.5 Å². The van der Waals surface area contributed by atoms with Gasteiger partial charge in [-0.25, -0.2) is 36.9 Å².